The van der Waals surface area contributed by atoms with E-state index in [1.165, 1.54) is 6.08 Å². The van der Waals surface area contributed by atoms with Crippen LogP contribution in [0.2, 0.25) is 0 Å². The van der Waals surface area contributed by atoms with E-state index in [1.54, 1.807) is 65.9 Å². The van der Waals surface area contributed by atoms with Gasteiger partial charge in [-0.1, -0.05) is 6.07 Å². The minimum Gasteiger partial charge on any atom is -0.494 e. The van der Waals surface area contributed by atoms with Crippen LogP contribution in [-0.2, 0) is 14.3 Å². The van der Waals surface area contributed by atoms with Crippen molar-refractivity contribution in [2.24, 2.45) is 0 Å². The van der Waals surface area contributed by atoms with Gasteiger partial charge in [-0.2, -0.15) is 0 Å². The highest BCUT2D eigenvalue weighted by Gasteiger charge is 2.12. The first-order valence-electron chi connectivity index (χ1n) is 11.0. The van der Waals surface area contributed by atoms with Gasteiger partial charge in [0.05, 0.1) is 13.0 Å². The summed E-state index contributed by atoms with van der Waals surface area (Å²) >= 11 is 1.54. The summed E-state index contributed by atoms with van der Waals surface area (Å²) in [6, 6.07) is 16.9. The number of allylic oxidation sites excluding steroid dienone is 1. The van der Waals surface area contributed by atoms with Crippen LogP contribution in [0.25, 0.3) is 6.08 Å². The molecule has 3 rings (SSSR count). The fourth-order valence-corrected chi connectivity index (χ4v) is 3.62. The van der Waals surface area contributed by atoms with Gasteiger partial charge in [-0.25, -0.2) is 0 Å². The van der Waals surface area contributed by atoms with E-state index in [0.717, 1.165) is 4.88 Å². The van der Waals surface area contributed by atoms with E-state index in [9.17, 15) is 19.2 Å². The molecule has 1 heterocycles. The third kappa shape index (κ3) is 8.35. The maximum atomic E-state index is 12.2. The lowest BCUT2D eigenvalue weighted by atomic mass is 10.1. The first-order valence-corrected chi connectivity index (χ1v) is 11.9. The number of hydrogen-bond donors (Lipinski definition) is 1. The largest absolute Gasteiger partial charge is 0.494 e. The topological polar surface area (TPSA) is 98.8 Å². The van der Waals surface area contributed by atoms with E-state index in [2.05, 4.69) is 5.32 Å². The number of esters is 1. The molecule has 1 amide bonds. The molecule has 35 heavy (non-hydrogen) atoms. The number of nitrogens with one attached hydrogen (secondary N) is 1. The third-order valence-electron chi connectivity index (χ3n) is 4.80. The Hall–Kier alpha value is -4.04. The molecular formula is C27H25NO6S. The standard InChI is InChI=1S/C27H25NO6S/c1-2-33-22-11-7-20(8-12-22)25(30)18-34-27(32)16-15-26(31)28-21-9-5-19(6-10-21)24(29)14-13-23-4-3-17-35-23/h3-14,17H,2,15-16,18H2,1H3,(H,28,31). The fraction of sp³-hybridized carbons (Fsp3) is 0.185. The molecule has 8 heteroatoms. The molecule has 0 unspecified atom stereocenters. The maximum absolute atomic E-state index is 12.2. The molecule has 0 fully saturated rings. The van der Waals surface area contributed by atoms with Crippen LogP contribution in [0, 0.1) is 0 Å². The highest BCUT2D eigenvalue weighted by atomic mass is 32.1. The molecular weight excluding hydrogens is 466 g/mol. The van der Waals surface area contributed by atoms with Crippen molar-refractivity contribution in [1.29, 1.82) is 0 Å². The molecule has 0 spiro atoms. The fourth-order valence-electron chi connectivity index (χ4n) is 3.00. The number of ether oxygens (including phenoxy) is 2. The number of anilines is 1. The van der Waals surface area contributed by atoms with Crippen LogP contribution >= 0.6 is 11.3 Å². The summed E-state index contributed by atoms with van der Waals surface area (Å²) in [7, 11) is 0. The zero-order valence-electron chi connectivity index (χ0n) is 19.2. The van der Waals surface area contributed by atoms with E-state index in [0.29, 0.717) is 29.2 Å². The summed E-state index contributed by atoms with van der Waals surface area (Å²) in [5.74, 6) is -0.849. The van der Waals surface area contributed by atoms with Crippen LogP contribution in [0.5, 0.6) is 5.75 Å². The Balaban J connectivity index is 1.38. The number of benzene rings is 2. The van der Waals surface area contributed by atoms with Gasteiger partial charge in [0.1, 0.15) is 5.75 Å². The molecule has 0 bridgehead atoms. The summed E-state index contributed by atoms with van der Waals surface area (Å²) in [4.78, 5) is 49.4. The molecule has 0 aliphatic heterocycles. The van der Waals surface area contributed by atoms with E-state index in [1.807, 2.05) is 24.4 Å². The Kier molecular flexibility index (Phi) is 9.50. The molecule has 3 aromatic rings. The predicted molar refractivity (Wildman–Crippen MR) is 135 cm³/mol. The lowest BCUT2D eigenvalue weighted by Gasteiger charge is -2.07. The summed E-state index contributed by atoms with van der Waals surface area (Å²) in [5.41, 5.74) is 1.41. The van der Waals surface area contributed by atoms with Crippen molar-refractivity contribution in [2.75, 3.05) is 18.5 Å². The second-order valence-electron chi connectivity index (χ2n) is 7.38. The van der Waals surface area contributed by atoms with Crippen LogP contribution in [0.4, 0.5) is 5.69 Å². The first-order chi connectivity index (χ1) is 16.9. The number of thiophene rings is 1. The van der Waals surface area contributed by atoms with Crippen LogP contribution in [-0.4, -0.2) is 36.7 Å². The second-order valence-corrected chi connectivity index (χ2v) is 8.36. The van der Waals surface area contributed by atoms with Gasteiger partial charge in [-0.3, -0.25) is 19.2 Å². The molecule has 2 aromatic carbocycles. The molecule has 7 nitrogen and oxygen atoms in total. The zero-order chi connectivity index (χ0) is 25.0. The van der Waals surface area contributed by atoms with Gasteiger partial charge in [0.25, 0.3) is 0 Å². The lowest BCUT2D eigenvalue weighted by Crippen LogP contribution is -2.17. The normalized spacial score (nSPS) is 10.7. The first kappa shape index (κ1) is 25.6. The van der Waals surface area contributed by atoms with E-state index in [4.69, 9.17) is 9.47 Å². The lowest BCUT2D eigenvalue weighted by molar-refractivity contribution is -0.143. The smallest absolute Gasteiger partial charge is 0.306 e. The van der Waals surface area contributed by atoms with Crippen LogP contribution in [0.1, 0.15) is 45.4 Å². The van der Waals surface area contributed by atoms with Gasteiger partial charge in [-0.05, 0) is 79.1 Å². The molecule has 0 atom stereocenters. The average Bonchev–Trinajstić information content (AvgIpc) is 3.39. The SMILES string of the molecule is CCOc1ccc(C(=O)COC(=O)CCC(=O)Nc2ccc(C(=O)C=Cc3cccs3)cc2)cc1. The highest BCUT2D eigenvalue weighted by Crippen LogP contribution is 2.15. The number of amides is 1. The summed E-state index contributed by atoms with van der Waals surface area (Å²) < 4.78 is 10.3. The third-order valence-corrected chi connectivity index (χ3v) is 5.64. The molecule has 0 saturated heterocycles. The molecule has 1 aromatic heterocycles. The van der Waals surface area contributed by atoms with Crippen molar-refractivity contribution in [2.45, 2.75) is 19.8 Å². The van der Waals surface area contributed by atoms with Crippen LogP contribution in [0.3, 0.4) is 0 Å². The molecule has 0 aliphatic rings. The number of ketones is 2. The van der Waals surface area contributed by atoms with Crippen molar-refractivity contribution in [3.05, 3.63) is 88.1 Å². The van der Waals surface area contributed by atoms with Gasteiger partial charge in [-0.15, -0.1) is 11.3 Å². The molecule has 0 saturated carbocycles. The Morgan fingerprint density at radius 2 is 1.63 bits per heavy atom. The Morgan fingerprint density at radius 3 is 2.29 bits per heavy atom. The number of carbonyl (C=O) groups excluding carboxylic acids is 4. The number of carbonyl (C=O) groups is 4. The van der Waals surface area contributed by atoms with Crippen molar-refractivity contribution in [1.82, 2.24) is 0 Å². The van der Waals surface area contributed by atoms with Crippen molar-refractivity contribution < 1.29 is 28.7 Å². The minimum absolute atomic E-state index is 0.0969. The quantitative estimate of drug-likeness (QED) is 0.213. The van der Waals surface area contributed by atoms with Crippen molar-refractivity contribution in [3.8, 4) is 5.75 Å². The number of Topliss-reactive ketones (excluding diaryl/α,β-unsaturated/α-hetero) is 1. The Morgan fingerprint density at radius 1 is 0.914 bits per heavy atom. The van der Waals surface area contributed by atoms with Crippen LogP contribution in [0.15, 0.2) is 72.1 Å². The average molecular weight is 492 g/mol. The number of hydrogen-bond acceptors (Lipinski definition) is 7. The van der Waals surface area contributed by atoms with E-state index >= 15 is 0 Å². The van der Waals surface area contributed by atoms with E-state index in [-0.39, 0.29) is 30.3 Å². The molecule has 0 radical (unpaired) electrons. The zero-order valence-corrected chi connectivity index (χ0v) is 20.0. The number of rotatable bonds is 12. The van der Waals surface area contributed by atoms with E-state index < -0.39 is 12.6 Å². The minimum atomic E-state index is -0.641. The van der Waals surface area contributed by atoms with Gasteiger partial charge in [0.2, 0.25) is 5.91 Å². The van der Waals surface area contributed by atoms with Gasteiger partial charge in [0, 0.05) is 28.1 Å². The van der Waals surface area contributed by atoms with Crippen LogP contribution < -0.4 is 10.1 Å². The van der Waals surface area contributed by atoms with Gasteiger partial charge >= 0.3 is 5.97 Å². The molecule has 180 valence electrons. The van der Waals surface area contributed by atoms with Crippen molar-refractivity contribution in [3.63, 3.8) is 0 Å². The van der Waals surface area contributed by atoms with Gasteiger partial charge in [0.15, 0.2) is 18.2 Å². The Bertz CT molecular complexity index is 1180. The summed E-state index contributed by atoms with van der Waals surface area (Å²) in [6.07, 6.45) is 3.01. The monoisotopic (exact) mass is 491 g/mol. The molecule has 1 N–H and O–H groups in total. The molecule has 0 aliphatic carbocycles. The maximum Gasteiger partial charge on any atom is 0.306 e. The summed E-state index contributed by atoms with van der Waals surface area (Å²) in [6.45, 7) is 1.99. The Labute approximate surface area is 207 Å². The summed E-state index contributed by atoms with van der Waals surface area (Å²) in [5, 5.41) is 4.61. The highest BCUT2D eigenvalue weighted by molar-refractivity contribution is 7.10. The second kappa shape index (κ2) is 13.0. The van der Waals surface area contributed by atoms with Crippen molar-refractivity contribution >= 4 is 46.5 Å². The van der Waals surface area contributed by atoms with Gasteiger partial charge < -0.3 is 14.8 Å². The predicted octanol–water partition coefficient (Wildman–Crippen LogP) is 5.19.